The molecule has 2 fully saturated rings. The van der Waals surface area contributed by atoms with Gasteiger partial charge in [0.05, 0.1) is 11.8 Å². The number of carbonyl (C=O) groups excluding carboxylic acids is 2. The Morgan fingerprint density at radius 3 is 1.92 bits per heavy atom. The van der Waals surface area contributed by atoms with Gasteiger partial charge in [0, 0.05) is 20.1 Å². The van der Waals surface area contributed by atoms with Crippen molar-refractivity contribution in [3.63, 3.8) is 0 Å². The molecule has 0 aromatic rings. The zero-order chi connectivity index (χ0) is 8.88. The molecule has 66 valence electrons. The minimum absolute atomic E-state index is 0.00523. The van der Waals surface area contributed by atoms with Crippen LogP contribution in [0, 0.1) is 11.8 Å². The first-order valence-electron chi connectivity index (χ1n) is 4.11. The van der Waals surface area contributed by atoms with Gasteiger partial charge < -0.3 is 4.90 Å². The zero-order valence-corrected chi connectivity index (χ0v) is 7.28. The lowest BCUT2D eigenvalue weighted by Crippen LogP contribution is -2.31. The molecule has 4 nitrogen and oxygen atoms in total. The number of nitrogens with zero attached hydrogens (tertiary/aromatic N) is 2. The largest absolute Gasteiger partial charge is 0.305 e. The lowest BCUT2D eigenvalue weighted by molar-refractivity contribution is -0.138. The van der Waals surface area contributed by atoms with Gasteiger partial charge in [-0.05, 0) is 7.05 Å². The molecule has 2 amide bonds. The van der Waals surface area contributed by atoms with Crippen LogP contribution in [0.3, 0.4) is 0 Å². The standard InChI is InChI=1S/C8H12N2O2/c1-9-3-5-6(4-9)8(12)10(2)7(5)11/h5-6H,3-4H2,1-2H3. The Bertz CT molecular complexity index is 227. The molecule has 0 N–H and O–H groups in total. The summed E-state index contributed by atoms with van der Waals surface area (Å²) < 4.78 is 0. The van der Waals surface area contributed by atoms with E-state index in [4.69, 9.17) is 0 Å². The highest BCUT2D eigenvalue weighted by atomic mass is 16.2. The molecule has 0 radical (unpaired) electrons. The van der Waals surface area contributed by atoms with Crippen molar-refractivity contribution in [2.75, 3.05) is 27.2 Å². The van der Waals surface area contributed by atoms with Crippen molar-refractivity contribution in [3.05, 3.63) is 0 Å². The summed E-state index contributed by atoms with van der Waals surface area (Å²) in [5, 5.41) is 0. The Kier molecular flexibility index (Phi) is 1.48. The monoisotopic (exact) mass is 168 g/mol. The van der Waals surface area contributed by atoms with Gasteiger partial charge in [0.15, 0.2) is 0 Å². The molecule has 2 rings (SSSR count). The van der Waals surface area contributed by atoms with E-state index in [0.29, 0.717) is 0 Å². The van der Waals surface area contributed by atoms with Gasteiger partial charge in [-0.2, -0.15) is 0 Å². The van der Waals surface area contributed by atoms with Crippen LogP contribution in [-0.2, 0) is 9.59 Å². The van der Waals surface area contributed by atoms with Crippen molar-refractivity contribution in [3.8, 4) is 0 Å². The van der Waals surface area contributed by atoms with E-state index in [2.05, 4.69) is 0 Å². The minimum Gasteiger partial charge on any atom is -0.305 e. The fourth-order valence-corrected chi connectivity index (χ4v) is 2.11. The Hall–Kier alpha value is -0.900. The predicted molar refractivity (Wildman–Crippen MR) is 42.3 cm³/mol. The van der Waals surface area contributed by atoms with Gasteiger partial charge in [-0.3, -0.25) is 14.5 Å². The topological polar surface area (TPSA) is 40.6 Å². The normalized spacial score (nSPS) is 36.3. The number of hydrogen-bond donors (Lipinski definition) is 0. The van der Waals surface area contributed by atoms with E-state index in [1.165, 1.54) is 4.90 Å². The number of imide groups is 1. The second-order valence-corrected chi connectivity index (χ2v) is 3.67. The molecule has 0 aromatic heterocycles. The summed E-state index contributed by atoms with van der Waals surface area (Å²) in [6, 6.07) is 0. The SMILES string of the molecule is CN1CC2C(=O)N(C)C(=O)C2C1. The lowest BCUT2D eigenvalue weighted by Gasteiger charge is -2.12. The summed E-state index contributed by atoms with van der Waals surface area (Å²) in [4.78, 5) is 26.1. The number of hydrogen-bond acceptors (Lipinski definition) is 3. The van der Waals surface area contributed by atoms with Crippen LogP contribution >= 0.6 is 0 Å². The molecular weight excluding hydrogens is 156 g/mol. The summed E-state index contributed by atoms with van der Waals surface area (Å²) in [7, 11) is 3.52. The van der Waals surface area contributed by atoms with Crippen LogP contribution in [0.5, 0.6) is 0 Å². The van der Waals surface area contributed by atoms with Crippen molar-refractivity contribution in [1.29, 1.82) is 0 Å². The van der Waals surface area contributed by atoms with E-state index in [0.717, 1.165) is 13.1 Å². The van der Waals surface area contributed by atoms with Gasteiger partial charge in [-0.25, -0.2) is 0 Å². The first-order valence-corrected chi connectivity index (χ1v) is 4.11. The number of amides is 2. The Morgan fingerprint density at radius 2 is 1.50 bits per heavy atom. The molecule has 2 saturated heterocycles. The van der Waals surface area contributed by atoms with E-state index in [9.17, 15) is 9.59 Å². The third-order valence-electron chi connectivity index (χ3n) is 2.80. The summed E-state index contributed by atoms with van der Waals surface area (Å²) in [6.45, 7) is 1.47. The molecular formula is C8H12N2O2. The molecule has 2 atom stereocenters. The highest BCUT2D eigenvalue weighted by Gasteiger charge is 2.49. The Balaban J connectivity index is 2.27. The first kappa shape index (κ1) is 7.73. The van der Waals surface area contributed by atoms with E-state index in [1.807, 2.05) is 11.9 Å². The third-order valence-corrected chi connectivity index (χ3v) is 2.80. The van der Waals surface area contributed by atoms with Crippen molar-refractivity contribution < 1.29 is 9.59 Å². The van der Waals surface area contributed by atoms with E-state index in [-0.39, 0.29) is 23.7 Å². The molecule has 0 spiro atoms. The first-order chi connectivity index (χ1) is 5.61. The summed E-state index contributed by atoms with van der Waals surface area (Å²) >= 11 is 0. The third kappa shape index (κ3) is 0.813. The van der Waals surface area contributed by atoms with E-state index >= 15 is 0 Å². The number of fused-ring (bicyclic) bond motifs is 1. The molecule has 0 aromatic carbocycles. The number of likely N-dealkylation sites (tertiary alicyclic amines) is 2. The highest BCUT2D eigenvalue weighted by Crippen LogP contribution is 2.31. The minimum atomic E-state index is -0.0625. The molecule has 12 heavy (non-hydrogen) atoms. The maximum Gasteiger partial charge on any atom is 0.234 e. The van der Waals surface area contributed by atoms with Gasteiger partial charge in [0.25, 0.3) is 0 Å². The van der Waals surface area contributed by atoms with Crippen molar-refractivity contribution in [1.82, 2.24) is 9.80 Å². The maximum absolute atomic E-state index is 11.4. The molecule has 2 aliphatic rings. The molecule has 0 saturated carbocycles. The average Bonchev–Trinajstić information content (AvgIpc) is 2.49. The van der Waals surface area contributed by atoms with Gasteiger partial charge in [0.1, 0.15) is 0 Å². The fraction of sp³-hybridized carbons (Fsp3) is 0.750. The number of rotatable bonds is 0. The quantitative estimate of drug-likeness (QED) is 0.443. The molecule has 0 bridgehead atoms. The summed E-state index contributed by atoms with van der Waals surface area (Å²) in [6.07, 6.45) is 0. The maximum atomic E-state index is 11.4. The van der Waals surface area contributed by atoms with E-state index < -0.39 is 0 Å². The Morgan fingerprint density at radius 1 is 1.08 bits per heavy atom. The van der Waals surface area contributed by atoms with Gasteiger partial charge in [0.2, 0.25) is 11.8 Å². The predicted octanol–water partition coefficient (Wildman–Crippen LogP) is -0.837. The average molecular weight is 168 g/mol. The van der Waals surface area contributed by atoms with Crippen LogP contribution in [0.1, 0.15) is 0 Å². The van der Waals surface area contributed by atoms with E-state index in [1.54, 1.807) is 7.05 Å². The molecule has 2 heterocycles. The number of carbonyl (C=O) groups is 2. The van der Waals surface area contributed by atoms with Gasteiger partial charge in [-0.1, -0.05) is 0 Å². The van der Waals surface area contributed by atoms with Crippen molar-refractivity contribution in [2.24, 2.45) is 11.8 Å². The summed E-state index contributed by atoms with van der Waals surface area (Å²) in [5.41, 5.74) is 0. The van der Waals surface area contributed by atoms with Gasteiger partial charge in [-0.15, -0.1) is 0 Å². The van der Waals surface area contributed by atoms with Crippen LogP contribution in [0.4, 0.5) is 0 Å². The fourth-order valence-electron chi connectivity index (χ4n) is 2.11. The molecule has 2 unspecified atom stereocenters. The second kappa shape index (κ2) is 2.29. The zero-order valence-electron chi connectivity index (χ0n) is 7.28. The lowest BCUT2D eigenvalue weighted by atomic mass is 10.00. The van der Waals surface area contributed by atoms with Crippen LogP contribution in [0.2, 0.25) is 0 Å². The summed E-state index contributed by atoms with van der Waals surface area (Å²) in [5.74, 6) is -0.135. The second-order valence-electron chi connectivity index (χ2n) is 3.67. The molecule has 4 heteroatoms. The molecule has 0 aliphatic carbocycles. The van der Waals surface area contributed by atoms with Crippen LogP contribution in [0.15, 0.2) is 0 Å². The van der Waals surface area contributed by atoms with Crippen LogP contribution < -0.4 is 0 Å². The van der Waals surface area contributed by atoms with Gasteiger partial charge >= 0.3 is 0 Å². The van der Waals surface area contributed by atoms with Crippen LogP contribution in [0.25, 0.3) is 0 Å². The van der Waals surface area contributed by atoms with Crippen LogP contribution in [-0.4, -0.2) is 48.8 Å². The smallest absolute Gasteiger partial charge is 0.234 e. The highest BCUT2D eigenvalue weighted by molar-refractivity contribution is 6.05. The van der Waals surface area contributed by atoms with Crippen molar-refractivity contribution in [2.45, 2.75) is 0 Å². The van der Waals surface area contributed by atoms with Crippen molar-refractivity contribution >= 4 is 11.8 Å². The molecule has 2 aliphatic heterocycles. The Labute approximate surface area is 71.1 Å².